The number of hydrogen-bond donors (Lipinski definition) is 1. The average molecular weight is 324 g/mol. The molecule has 0 amide bonds. The summed E-state index contributed by atoms with van der Waals surface area (Å²) < 4.78 is 11.2. The topological polar surface area (TPSA) is 83.9 Å². The van der Waals surface area contributed by atoms with Gasteiger partial charge in [0, 0.05) is 5.57 Å². The summed E-state index contributed by atoms with van der Waals surface area (Å²) >= 11 is 0. The first kappa shape index (κ1) is 16.1. The third-order valence-electron chi connectivity index (χ3n) is 3.86. The number of rotatable bonds is 3. The van der Waals surface area contributed by atoms with Gasteiger partial charge >= 0.3 is 0 Å². The third-order valence-corrected chi connectivity index (χ3v) is 3.86. The third kappa shape index (κ3) is 2.86. The van der Waals surface area contributed by atoms with Crippen LogP contribution in [0.1, 0.15) is 20.8 Å². The fraction of sp³-hybridized carbons (Fsp3) is 0.333. The number of nitrogens with zero attached hydrogens (tertiary/aromatic N) is 3. The highest BCUT2D eigenvalue weighted by atomic mass is 16.5. The van der Waals surface area contributed by atoms with Crippen molar-refractivity contribution in [3.05, 3.63) is 47.3 Å². The van der Waals surface area contributed by atoms with E-state index in [4.69, 9.17) is 15.2 Å². The Labute approximate surface area is 141 Å². The molecule has 0 aromatic heterocycles. The van der Waals surface area contributed by atoms with E-state index < -0.39 is 5.60 Å². The summed E-state index contributed by atoms with van der Waals surface area (Å²) in [6, 6.07) is 9.63. The number of ether oxygens (including phenoxy) is 2. The van der Waals surface area contributed by atoms with Crippen LogP contribution < -0.4 is 15.5 Å². The molecule has 0 spiro atoms. The maximum Gasteiger partial charge on any atom is 0.144 e. The van der Waals surface area contributed by atoms with Crippen molar-refractivity contribution < 1.29 is 9.47 Å². The second kappa shape index (κ2) is 6.02. The van der Waals surface area contributed by atoms with Gasteiger partial charge in [0.2, 0.25) is 0 Å². The summed E-state index contributed by atoms with van der Waals surface area (Å²) in [5.74, 6) is 1.09. The summed E-state index contributed by atoms with van der Waals surface area (Å²) in [5.41, 5.74) is 8.42. The summed E-state index contributed by atoms with van der Waals surface area (Å²) in [5, 5.41) is 15.7. The molecule has 2 N–H and O–H groups in total. The number of nitriles is 1. The van der Waals surface area contributed by atoms with E-state index in [2.05, 4.69) is 11.2 Å². The monoisotopic (exact) mass is 324 g/mol. The van der Waals surface area contributed by atoms with Crippen LogP contribution in [-0.4, -0.2) is 24.5 Å². The minimum Gasteiger partial charge on any atom is -0.494 e. The molecular weight excluding hydrogens is 304 g/mol. The Hall–Kier alpha value is -2.78. The van der Waals surface area contributed by atoms with Crippen molar-refractivity contribution in [1.82, 2.24) is 0 Å². The van der Waals surface area contributed by atoms with Crippen LogP contribution in [0.15, 0.2) is 52.4 Å². The van der Waals surface area contributed by atoms with Crippen LogP contribution in [0.2, 0.25) is 0 Å². The Morgan fingerprint density at radius 1 is 1.38 bits per heavy atom. The molecule has 0 fully saturated rings. The van der Waals surface area contributed by atoms with Crippen LogP contribution in [0.5, 0.6) is 5.75 Å². The van der Waals surface area contributed by atoms with E-state index >= 15 is 0 Å². The van der Waals surface area contributed by atoms with Crippen molar-refractivity contribution in [3.63, 3.8) is 0 Å². The fourth-order valence-electron chi connectivity index (χ4n) is 2.69. The van der Waals surface area contributed by atoms with E-state index in [1.807, 2.05) is 51.1 Å². The second-order valence-electron chi connectivity index (χ2n) is 6.11. The molecule has 124 valence electrons. The average Bonchev–Trinajstić information content (AvgIpc) is 2.55. The minimum atomic E-state index is -0.446. The maximum absolute atomic E-state index is 9.58. The molecule has 0 saturated heterocycles. The second-order valence-corrected chi connectivity index (χ2v) is 6.11. The number of anilines is 1. The Morgan fingerprint density at radius 3 is 2.71 bits per heavy atom. The quantitative estimate of drug-likeness (QED) is 0.924. The first-order chi connectivity index (χ1) is 11.4. The van der Waals surface area contributed by atoms with Crippen molar-refractivity contribution in [2.75, 3.05) is 18.2 Å². The lowest BCUT2D eigenvalue weighted by molar-refractivity contribution is 0.0409. The Morgan fingerprint density at radius 2 is 2.08 bits per heavy atom. The molecular formula is C18H20N4O2. The molecule has 0 aliphatic carbocycles. The molecule has 1 aromatic rings. The Kier molecular flexibility index (Phi) is 4.04. The molecule has 3 rings (SSSR count). The Balaban J connectivity index is 2.02. The van der Waals surface area contributed by atoms with Crippen molar-refractivity contribution >= 4 is 11.4 Å². The van der Waals surface area contributed by atoms with E-state index in [0.29, 0.717) is 30.3 Å². The molecule has 2 heterocycles. The molecule has 6 nitrogen and oxygen atoms in total. The molecule has 6 heteroatoms. The highest BCUT2D eigenvalue weighted by Gasteiger charge is 2.33. The zero-order valence-electron chi connectivity index (χ0n) is 14.0. The van der Waals surface area contributed by atoms with E-state index in [9.17, 15) is 5.26 Å². The van der Waals surface area contributed by atoms with Crippen LogP contribution >= 0.6 is 0 Å². The van der Waals surface area contributed by atoms with E-state index in [1.165, 1.54) is 0 Å². The van der Waals surface area contributed by atoms with Gasteiger partial charge in [-0.15, -0.1) is 0 Å². The minimum absolute atomic E-state index is 0.314. The van der Waals surface area contributed by atoms with E-state index in [1.54, 1.807) is 5.01 Å². The van der Waals surface area contributed by atoms with Gasteiger partial charge in [-0.1, -0.05) is 0 Å². The molecule has 2 aliphatic rings. The van der Waals surface area contributed by atoms with Crippen LogP contribution in [0.4, 0.5) is 5.69 Å². The molecule has 0 radical (unpaired) electrons. The normalized spacial score (nSPS) is 19.2. The van der Waals surface area contributed by atoms with Crippen molar-refractivity contribution in [1.29, 1.82) is 5.26 Å². The van der Waals surface area contributed by atoms with Crippen LogP contribution in [-0.2, 0) is 4.74 Å². The number of hydrazone groups is 1. The molecule has 0 saturated carbocycles. The van der Waals surface area contributed by atoms with E-state index in [-0.39, 0.29) is 0 Å². The number of fused-ring (bicyclic) bond motifs is 1. The first-order valence-electron chi connectivity index (χ1n) is 7.83. The lowest BCUT2D eigenvalue weighted by Crippen LogP contribution is -2.39. The SMILES string of the molecule is CCOc1ccc(N2N=C3COC(C)(C)C=C3C(C#N)=C2N)cc1. The van der Waals surface area contributed by atoms with Crippen molar-refractivity contribution in [2.24, 2.45) is 10.8 Å². The number of allylic oxidation sites excluding steroid dienone is 1. The molecule has 24 heavy (non-hydrogen) atoms. The zero-order valence-corrected chi connectivity index (χ0v) is 14.0. The van der Waals surface area contributed by atoms with Crippen LogP contribution in [0.25, 0.3) is 0 Å². The standard InChI is InChI=1S/C18H20N4O2/c1-4-23-13-7-5-12(6-8-13)22-17(20)15(10-19)14-9-18(2,3)24-11-16(14)21-22/h5-9H,4,11,20H2,1-3H3. The van der Waals surface area contributed by atoms with Crippen molar-refractivity contribution in [3.8, 4) is 11.8 Å². The maximum atomic E-state index is 9.58. The lowest BCUT2D eigenvalue weighted by atomic mass is 9.92. The largest absolute Gasteiger partial charge is 0.494 e. The van der Waals surface area contributed by atoms with E-state index in [0.717, 1.165) is 17.0 Å². The van der Waals surface area contributed by atoms with Gasteiger partial charge in [0.15, 0.2) is 0 Å². The summed E-state index contributed by atoms with van der Waals surface area (Å²) in [7, 11) is 0. The summed E-state index contributed by atoms with van der Waals surface area (Å²) in [4.78, 5) is 0. The van der Waals surface area contributed by atoms with Gasteiger partial charge in [0.1, 0.15) is 23.2 Å². The summed E-state index contributed by atoms with van der Waals surface area (Å²) in [6.45, 7) is 6.77. The van der Waals surface area contributed by atoms with Gasteiger partial charge in [0.25, 0.3) is 0 Å². The van der Waals surface area contributed by atoms with Gasteiger partial charge < -0.3 is 15.2 Å². The molecule has 1 aromatic carbocycles. The Bertz CT molecular complexity index is 782. The lowest BCUT2D eigenvalue weighted by Gasteiger charge is -2.34. The number of hydrogen-bond acceptors (Lipinski definition) is 6. The van der Waals surface area contributed by atoms with Gasteiger partial charge in [-0.05, 0) is 51.1 Å². The predicted octanol–water partition coefficient (Wildman–Crippen LogP) is 2.69. The summed E-state index contributed by atoms with van der Waals surface area (Å²) in [6.07, 6.45) is 1.90. The van der Waals surface area contributed by atoms with Crippen molar-refractivity contribution in [2.45, 2.75) is 26.4 Å². The van der Waals surface area contributed by atoms with Gasteiger partial charge in [-0.2, -0.15) is 10.4 Å². The zero-order chi connectivity index (χ0) is 17.3. The highest BCUT2D eigenvalue weighted by Crippen LogP contribution is 2.33. The van der Waals surface area contributed by atoms with Gasteiger partial charge in [0.05, 0.1) is 30.2 Å². The highest BCUT2D eigenvalue weighted by molar-refractivity contribution is 6.08. The van der Waals surface area contributed by atoms with Crippen LogP contribution in [0, 0.1) is 11.3 Å². The van der Waals surface area contributed by atoms with Crippen LogP contribution in [0.3, 0.4) is 0 Å². The van der Waals surface area contributed by atoms with Gasteiger partial charge in [-0.3, -0.25) is 0 Å². The predicted molar refractivity (Wildman–Crippen MR) is 92.5 cm³/mol. The molecule has 0 bridgehead atoms. The molecule has 2 aliphatic heterocycles. The fourth-order valence-corrected chi connectivity index (χ4v) is 2.69. The smallest absolute Gasteiger partial charge is 0.144 e. The number of nitrogens with two attached hydrogens (primary N) is 1. The number of benzene rings is 1. The molecule has 0 atom stereocenters. The first-order valence-corrected chi connectivity index (χ1v) is 7.83. The molecule has 0 unspecified atom stereocenters. The van der Waals surface area contributed by atoms with Gasteiger partial charge in [-0.25, -0.2) is 5.01 Å².